The minimum atomic E-state index is -0.414. The van der Waals surface area contributed by atoms with E-state index in [0.29, 0.717) is 0 Å². The molecule has 1 aromatic heterocycles. The number of carbonyl (C=O) groups excluding carboxylic acids is 2. The predicted octanol–water partition coefficient (Wildman–Crippen LogP) is 3.62. The highest BCUT2D eigenvalue weighted by Crippen LogP contribution is 2.15. The van der Waals surface area contributed by atoms with Crippen molar-refractivity contribution in [2.75, 3.05) is 7.11 Å². The van der Waals surface area contributed by atoms with Gasteiger partial charge in [0.25, 0.3) is 11.8 Å². The number of benzene rings is 1. The van der Waals surface area contributed by atoms with E-state index >= 15 is 0 Å². The quantitative estimate of drug-likeness (QED) is 0.724. The molecule has 2 amide bonds. The van der Waals surface area contributed by atoms with Crippen molar-refractivity contribution in [3.8, 4) is 5.75 Å². The Morgan fingerprint density at radius 2 is 1.92 bits per heavy atom. The number of nitrogens with zero attached hydrogens (tertiary/aromatic N) is 2. The lowest BCUT2D eigenvalue weighted by atomic mass is 10.2. The number of allylic oxidation sites excluding steroid dienone is 1. The first-order valence-corrected chi connectivity index (χ1v) is 8.22. The van der Waals surface area contributed by atoms with Crippen LogP contribution >= 0.6 is 0 Å². The molecule has 0 fully saturated rings. The maximum Gasteiger partial charge on any atom is 0.279 e. The zero-order chi connectivity index (χ0) is 18.1. The van der Waals surface area contributed by atoms with Gasteiger partial charge in [0.05, 0.1) is 13.7 Å². The van der Waals surface area contributed by atoms with Crippen LogP contribution in [0.3, 0.4) is 0 Å². The number of pyridine rings is 1. The van der Waals surface area contributed by atoms with Gasteiger partial charge in [0, 0.05) is 6.20 Å². The van der Waals surface area contributed by atoms with E-state index in [0.717, 1.165) is 24.2 Å². The Labute approximate surface area is 147 Å². The van der Waals surface area contributed by atoms with Crippen molar-refractivity contribution >= 4 is 11.8 Å². The maximum absolute atomic E-state index is 12.7. The van der Waals surface area contributed by atoms with Gasteiger partial charge in [-0.2, -0.15) is 0 Å². The van der Waals surface area contributed by atoms with Gasteiger partial charge in [-0.05, 0) is 42.3 Å². The third kappa shape index (κ3) is 5.28. The second-order valence-corrected chi connectivity index (χ2v) is 5.48. The van der Waals surface area contributed by atoms with Crippen molar-refractivity contribution in [3.63, 3.8) is 0 Å². The number of unbranched alkanes of at least 4 members (excludes halogenated alkanes) is 1. The lowest BCUT2D eigenvalue weighted by Gasteiger charge is -2.19. The molecular weight excluding hydrogens is 316 g/mol. The second-order valence-electron chi connectivity index (χ2n) is 5.48. The van der Waals surface area contributed by atoms with Crippen molar-refractivity contribution in [2.45, 2.75) is 26.3 Å². The molecule has 0 bridgehead atoms. The minimum absolute atomic E-state index is 0.175. The van der Waals surface area contributed by atoms with Crippen LogP contribution in [-0.4, -0.2) is 28.8 Å². The number of hydrogen-bond acceptors (Lipinski definition) is 4. The Kier molecular flexibility index (Phi) is 6.89. The molecule has 0 saturated carbocycles. The number of hydrogen-bond donors (Lipinski definition) is 0. The number of methoxy groups -OCH3 is 1. The van der Waals surface area contributed by atoms with Crippen molar-refractivity contribution < 1.29 is 14.3 Å². The first kappa shape index (κ1) is 18.4. The summed E-state index contributed by atoms with van der Waals surface area (Å²) in [4.78, 5) is 30.5. The van der Waals surface area contributed by atoms with Crippen LogP contribution in [0.15, 0.2) is 60.8 Å². The molecule has 2 rings (SSSR count). The van der Waals surface area contributed by atoms with Crippen LogP contribution in [0, 0.1) is 0 Å². The fourth-order valence-corrected chi connectivity index (χ4v) is 2.23. The van der Waals surface area contributed by atoms with Gasteiger partial charge in [-0.1, -0.05) is 37.6 Å². The molecule has 0 aliphatic rings. The molecule has 0 aliphatic heterocycles. The van der Waals surface area contributed by atoms with E-state index in [9.17, 15) is 9.59 Å². The molecular formula is C20H22N2O3. The van der Waals surface area contributed by atoms with Gasteiger partial charge < -0.3 is 4.74 Å². The largest absolute Gasteiger partial charge is 0.497 e. The van der Waals surface area contributed by atoms with Crippen LogP contribution in [0.25, 0.3) is 0 Å². The fraction of sp³-hybridized carbons (Fsp3) is 0.250. The predicted molar refractivity (Wildman–Crippen MR) is 96.2 cm³/mol. The topological polar surface area (TPSA) is 59.5 Å². The summed E-state index contributed by atoms with van der Waals surface area (Å²) in [5.41, 5.74) is 1.08. The normalized spacial score (nSPS) is 10.6. The van der Waals surface area contributed by atoms with E-state index in [1.807, 2.05) is 19.1 Å². The maximum atomic E-state index is 12.7. The lowest BCUT2D eigenvalue weighted by Crippen LogP contribution is -2.35. The zero-order valence-electron chi connectivity index (χ0n) is 14.5. The first-order chi connectivity index (χ1) is 12.2. The van der Waals surface area contributed by atoms with Crippen molar-refractivity contribution in [2.24, 2.45) is 0 Å². The van der Waals surface area contributed by atoms with E-state index in [1.54, 1.807) is 43.5 Å². The molecule has 25 heavy (non-hydrogen) atoms. The Balaban J connectivity index is 2.24. The van der Waals surface area contributed by atoms with Crippen molar-refractivity contribution in [1.82, 2.24) is 9.88 Å². The monoisotopic (exact) mass is 338 g/mol. The number of imide groups is 1. The van der Waals surface area contributed by atoms with E-state index in [-0.39, 0.29) is 18.1 Å². The molecule has 2 aromatic rings. The summed E-state index contributed by atoms with van der Waals surface area (Å²) in [5, 5.41) is 0. The standard InChI is InChI=1S/C20H22N2O3/c1-3-4-5-9-19(23)22(20(24)18-8-6-7-14-21-18)15-16-10-12-17(25-2)13-11-16/h5-14H,3-4,15H2,1-2H3/b9-5+. The Bertz CT molecular complexity index is 724. The molecule has 1 heterocycles. The molecule has 0 N–H and O–H groups in total. The SMILES string of the molecule is CCC/C=C/C(=O)N(Cc1ccc(OC)cc1)C(=O)c1ccccn1. The summed E-state index contributed by atoms with van der Waals surface area (Å²) in [6.07, 6.45) is 6.51. The van der Waals surface area contributed by atoms with Crippen LogP contribution in [-0.2, 0) is 11.3 Å². The molecule has 0 saturated heterocycles. The van der Waals surface area contributed by atoms with Crippen LogP contribution < -0.4 is 4.74 Å². The number of rotatable bonds is 7. The lowest BCUT2D eigenvalue weighted by molar-refractivity contribution is -0.124. The molecule has 0 radical (unpaired) electrons. The third-order valence-electron chi connectivity index (χ3n) is 3.61. The van der Waals surface area contributed by atoms with Crippen molar-refractivity contribution in [3.05, 3.63) is 72.1 Å². The highest BCUT2D eigenvalue weighted by Gasteiger charge is 2.22. The van der Waals surface area contributed by atoms with Crippen LogP contribution in [0.4, 0.5) is 0 Å². The highest BCUT2D eigenvalue weighted by molar-refractivity contribution is 6.07. The molecule has 5 nitrogen and oxygen atoms in total. The summed E-state index contributed by atoms with van der Waals surface area (Å²) in [5.74, 6) is -0.0389. The van der Waals surface area contributed by atoms with Crippen LogP contribution in [0.2, 0.25) is 0 Å². The van der Waals surface area contributed by atoms with E-state index in [2.05, 4.69) is 4.98 Å². The van der Waals surface area contributed by atoms with Crippen molar-refractivity contribution in [1.29, 1.82) is 0 Å². The smallest absolute Gasteiger partial charge is 0.279 e. The van der Waals surface area contributed by atoms with Crippen LogP contribution in [0.1, 0.15) is 35.8 Å². The number of carbonyl (C=O) groups is 2. The summed E-state index contributed by atoms with van der Waals surface area (Å²) in [6.45, 7) is 2.21. The number of ether oxygens (including phenoxy) is 1. The van der Waals surface area contributed by atoms with Gasteiger partial charge in [0.15, 0.2) is 0 Å². The number of aromatic nitrogens is 1. The van der Waals surface area contributed by atoms with E-state index in [4.69, 9.17) is 4.74 Å². The summed E-state index contributed by atoms with van der Waals surface area (Å²) < 4.78 is 5.14. The van der Waals surface area contributed by atoms with E-state index in [1.165, 1.54) is 17.2 Å². The summed E-state index contributed by atoms with van der Waals surface area (Å²) >= 11 is 0. The minimum Gasteiger partial charge on any atom is -0.497 e. The summed E-state index contributed by atoms with van der Waals surface area (Å²) in [7, 11) is 1.59. The van der Waals surface area contributed by atoms with E-state index < -0.39 is 5.91 Å². The molecule has 130 valence electrons. The molecule has 0 aliphatic carbocycles. The van der Waals surface area contributed by atoms with Crippen LogP contribution in [0.5, 0.6) is 5.75 Å². The van der Waals surface area contributed by atoms with Gasteiger partial charge in [0.2, 0.25) is 0 Å². The van der Waals surface area contributed by atoms with Gasteiger partial charge in [-0.15, -0.1) is 0 Å². The van der Waals surface area contributed by atoms with Gasteiger partial charge >= 0.3 is 0 Å². The molecule has 1 aromatic carbocycles. The Morgan fingerprint density at radius 1 is 1.16 bits per heavy atom. The average molecular weight is 338 g/mol. The van der Waals surface area contributed by atoms with Gasteiger partial charge in [-0.25, -0.2) is 0 Å². The average Bonchev–Trinajstić information content (AvgIpc) is 2.67. The molecule has 5 heteroatoms. The highest BCUT2D eigenvalue weighted by atomic mass is 16.5. The first-order valence-electron chi connectivity index (χ1n) is 8.22. The van der Waals surface area contributed by atoms with Gasteiger partial charge in [0.1, 0.15) is 11.4 Å². The third-order valence-corrected chi connectivity index (χ3v) is 3.61. The van der Waals surface area contributed by atoms with Gasteiger partial charge in [-0.3, -0.25) is 19.5 Å². The zero-order valence-corrected chi connectivity index (χ0v) is 14.5. The molecule has 0 spiro atoms. The number of amides is 2. The summed E-state index contributed by atoms with van der Waals surface area (Å²) in [6, 6.07) is 12.3. The fourth-order valence-electron chi connectivity index (χ4n) is 2.23. The molecule has 0 unspecified atom stereocenters. The molecule has 0 atom stereocenters. The second kappa shape index (κ2) is 9.37. The Hall–Kier alpha value is -2.95. The Morgan fingerprint density at radius 3 is 2.52 bits per heavy atom.